The minimum Gasteiger partial charge on any atom is -0.398 e. The van der Waals surface area contributed by atoms with Gasteiger partial charge in [-0.15, -0.1) is 0 Å². The molecular formula is C13H11F2N3O2. The molecular weight excluding hydrogens is 268 g/mol. The van der Waals surface area contributed by atoms with Crippen molar-refractivity contribution in [1.29, 1.82) is 0 Å². The average Bonchev–Trinajstić information content (AvgIpc) is 2.38. The lowest BCUT2D eigenvalue weighted by atomic mass is 10.3. The monoisotopic (exact) mass is 279 g/mol. The molecule has 2 aromatic rings. The van der Waals surface area contributed by atoms with Crippen molar-refractivity contribution in [1.82, 2.24) is 4.57 Å². The van der Waals surface area contributed by atoms with E-state index in [0.29, 0.717) is 5.69 Å². The van der Waals surface area contributed by atoms with Gasteiger partial charge in [0.25, 0.3) is 5.56 Å². The van der Waals surface area contributed by atoms with Crippen LogP contribution in [0.5, 0.6) is 0 Å². The number of nitrogens with one attached hydrogen (secondary N) is 1. The summed E-state index contributed by atoms with van der Waals surface area (Å²) >= 11 is 0. The van der Waals surface area contributed by atoms with E-state index in [2.05, 4.69) is 5.32 Å². The molecule has 1 heterocycles. The van der Waals surface area contributed by atoms with Gasteiger partial charge >= 0.3 is 0 Å². The molecule has 7 heteroatoms. The Bertz CT molecular complexity index is 713. The van der Waals surface area contributed by atoms with Crippen molar-refractivity contribution >= 4 is 17.3 Å². The molecule has 2 rings (SSSR count). The van der Waals surface area contributed by atoms with Crippen LogP contribution in [0.15, 0.2) is 41.3 Å². The van der Waals surface area contributed by atoms with Crippen LogP contribution in [0.4, 0.5) is 20.2 Å². The number of amides is 1. The van der Waals surface area contributed by atoms with Crippen molar-refractivity contribution in [2.24, 2.45) is 0 Å². The molecule has 0 saturated heterocycles. The topological polar surface area (TPSA) is 77.1 Å². The van der Waals surface area contributed by atoms with E-state index in [-0.39, 0.29) is 12.2 Å². The van der Waals surface area contributed by atoms with Crippen LogP contribution in [0, 0.1) is 11.6 Å². The maximum atomic E-state index is 13.3. The molecule has 0 fully saturated rings. The highest BCUT2D eigenvalue weighted by Crippen LogP contribution is 2.15. The van der Waals surface area contributed by atoms with Gasteiger partial charge in [0.05, 0.1) is 5.69 Å². The number of nitrogen functional groups attached to an aromatic ring is 1. The van der Waals surface area contributed by atoms with Crippen molar-refractivity contribution in [3.63, 3.8) is 0 Å². The van der Waals surface area contributed by atoms with Crippen LogP contribution in [0.1, 0.15) is 0 Å². The van der Waals surface area contributed by atoms with Crippen LogP contribution in [-0.4, -0.2) is 10.5 Å². The summed E-state index contributed by atoms with van der Waals surface area (Å²) < 4.78 is 27.4. The van der Waals surface area contributed by atoms with Gasteiger partial charge in [0.1, 0.15) is 18.2 Å². The molecule has 1 aromatic heterocycles. The second-order valence-corrected chi connectivity index (χ2v) is 4.10. The highest BCUT2D eigenvalue weighted by Gasteiger charge is 2.09. The van der Waals surface area contributed by atoms with Crippen molar-refractivity contribution in [2.45, 2.75) is 6.54 Å². The number of hydrogen-bond acceptors (Lipinski definition) is 3. The first-order chi connectivity index (χ1) is 9.45. The molecule has 0 aliphatic rings. The first-order valence-electron chi connectivity index (χ1n) is 5.66. The minimum absolute atomic E-state index is 0.285. The maximum Gasteiger partial charge on any atom is 0.251 e. The summed E-state index contributed by atoms with van der Waals surface area (Å²) in [5.41, 5.74) is 5.11. The van der Waals surface area contributed by atoms with Gasteiger partial charge in [0.2, 0.25) is 5.91 Å². The lowest BCUT2D eigenvalue weighted by Crippen LogP contribution is -2.27. The Morgan fingerprint density at radius 3 is 2.75 bits per heavy atom. The number of carbonyl (C=O) groups excluding carboxylic acids is 1. The van der Waals surface area contributed by atoms with Crippen molar-refractivity contribution in [3.8, 4) is 0 Å². The Morgan fingerprint density at radius 2 is 2.00 bits per heavy atom. The number of halogens is 2. The number of nitrogens with zero attached hydrogens (tertiary/aromatic N) is 1. The van der Waals surface area contributed by atoms with Gasteiger partial charge < -0.3 is 15.6 Å². The Balaban J connectivity index is 2.15. The first kappa shape index (κ1) is 13.7. The van der Waals surface area contributed by atoms with Crippen LogP contribution in [-0.2, 0) is 11.3 Å². The summed E-state index contributed by atoms with van der Waals surface area (Å²) in [7, 11) is 0. The minimum atomic E-state index is -0.764. The standard InChI is InChI=1S/C13H11F2N3O2/c14-8-1-3-10(15)11(5-8)17-12(19)7-18-6-9(16)2-4-13(18)20/h1-6H,7,16H2,(H,17,19). The molecule has 1 amide bonds. The number of anilines is 2. The summed E-state index contributed by atoms with van der Waals surface area (Å²) in [6.07, 6.45) is 1.30. The molecule has 20 heavy (non-hydrogen) atoms. The van der Waals surface area contributed by atoms with Crippen LogP contribution in [0.25, 0.3) is 0 Å². The summed E-state index contributed by atoms with van der Waals surface area (Å²) in [5.74, 6) is -2.11. The Morgan fingerprint density at radius 1 is 1.25 bits per heavy atom. The average molecular weight is 279 g/mol. The molecule has 104 valence electrons. The number of benzene rings is 1. The lowest BCUT2D eigenvalue weighted by molar-refractivity contribution is -0.116. The number of hydrogen-bond donors (Lipinski definition) is 2. The molecule has 0 aliphatic carbocycles. The van der Waals surface area contributed by atoms with Crippen LogP contribution in [0.2, 0.25) is 0 Å². The Labute approximate surface area is 112 Å². The molecule has 0 bridgehead atoms. The molecule has 0 atom stereocenters. The van der Waals surface area contributed by atoms with Crippen molar-refractivity contribution in [3.05, 3.63) is 58.5 Å². The van der Waals surface area contributed by atoms with Gasteiger partial charge in [0, 0.05) is 24.0 Å². The second-order valence-electron chi connectivity index (χ2n) is 4.10. The summed E-state index contributed by atoms with van der Waals surface area (Å²) in [5, 5.41) is 2.19. The zero-order chi connectivity index (χ0) is 14.7. The normalized spacial score (nSPS) is 10.3. The van der Waals surface area contributed by atoms with Gasteiger partial charge in [-0.25, -0.2) is 8.78 Å². The number of nitrogens with two attached hydrogens (primary N) is 1. The van der Waals surface area contributed by atoms with E-state index in [1.54, 1.807) is 0 Å². The number of aromatic nitrogens is 1. The Kier molecular flexibility index (Phi) is 3.79. The number of pyridine rings is 1. The zero-order valence-corrected chi connectivity index (χ0v) is 10.3. The van der Waals surface area contributed by atoms with Gasteiger partial charge in [0.15, 0.2) is 0 Å². The van der Waals surface area contributed by atoms with E-state index in [9.17, 15) is 18.4 Å². The predicted octanol–water partition coefficient (Wildman–Crippen LogP) is 1.35. The predicted molar refractivity (Wildman–Crippen MR) is 70.1 cm³/mol. The highest BCUT2D eigenvalue weighted by molar-refractivity contribution is 5.90. The summed E-state index contributed by atoms with van der Waals surface area (Å²) in [6, 6.07) is 5.31. The Hall–Kier alpha value is -2.70. The summed E-state index contributed by atoms with van der Waals surface area (Å²) in [6.45, 7) is -0.347. The van der Waals surface area contributed by atoms with E-state index in [0.717, 1.165) is 22.8 Å². The molecule has 5 nitrogen and oxygen atoms in total. The third kappa shape index (κ3) is 3.19. The second kappa shape index (κ2) is 5.52. The van der Waals surface area contributed by atoms with Gasteiger partial charge in [-0.3, -0.25) is 9.59 Å². The lowest BCUT2D eigenvalue weighted by Gasteiger charge is -2.08. The summed E-state index contributed by atoms with van der Waals surface area (Å²) in [4.78, 5) is 23.2. The van der Waals surface area contributed by atoms with Crippen molar-refractivity contribution in [2.75, 3.05) is 11.1 Å². The molecule has 0 spiro atoms. The van der Waals surface area contributed by atoms with Gasteiger partial charge in [-0.2, -0.15) is 0 Å². The van der Waals surface area contributed by atoms with Crippen molar-refractivity contribution < 1.29 is 13.6 Å². The number of rotatable bonds is 3. The smallest absolute Gasteiger partial charge is 0.251 e. The van der Waals surface area contributed by atoms with E-state index in [4.69, 9.17) is 5.73 Å². The third-order valence-electron chi connectivity index (χ3n) is 2.52. The first-order valence-corrected chi connectivity index (χ1v) is 5.66. The highest BCUT2D eigenvalue weighted by atomic mass is 19.1. The molecule has 0 radical (unpaired) electrons. The number of carbonyl (C=O) groups is 1. The van der Waals surface area contributed by atoms with E-state index >= 15 is 0 Å². The maximum absolute atomic E-state index is 13.3. The van der Waals surface area contributed by atoms with E-state index in [1.165, 1.54) is 18.3 Å². The van der Waals surface area contributed by atoms with E-state index in [1.807, 2.05) is 0 Å². The van der Waals surface area contributed by atoms with Crippen LogP contribution < -0.4 is 16.6 Å². The van der Waals surface area contributed by atoms with Crippen LogP contribution in [0.3, 0.4) is 0 Å². The quantitative estimate of drug-likeness (QED) is 0.890. The fourth-order valence-electron chi connectivity index (χ4n) is 1.61. The third-order valence-corrected chi connectivity index (χ3v) is 2.52. The molecule has 1 aromatic carbocycles. The molecule has 0 unspecified atom stereocenters. The fourth-order valence-corrected chi connectivity index (χ4v) is 1.61. The largest absolute Gasteiger partial charge is 0.398 e. The van der Waals surface area contributed by atoms with E-state index < -0.39 is 23.1 Å². The zero-order valence-electron chi connectivity index (χ0n) is 10.3. The van der Waals surface area contributed by atoms with Gasteiger partial charge in [-0.05, 0) is 18.2 Å². The molecule has 0 aliphatic heterocycles. The SMILES string of the molecule is Nc1ccc(=O)n(CC(=O)Nc2cc(F)ccc2F)c1. The molecule has 3 N–H and O–H groups in total. The van der Waals surface area contributed by atoms with Crippen LogP contribution >= 0.6 is 0 Å². The fraction of sp³-hybridized carbons (Fsp3) is 0.0769. The van der Waals surface area contributed by atoms with Gasteiger partial charge in [-0.1, -0.05) is 0 Å². The molecule has 0 saturated carbocycles.